The normalized spacial score (nSPS) is 10.5. The minimum Gasteiger partial charge on any atom is -0.286 e. The summed E-state index contributed by atoms with van der Waals surface area (Å²) in [5.74, 6) is 0. The van der Waals surface area contributed by atoms with Gasteiger partial charge in [0.1, 0.15) is 6.07 Å². The Hall–Kier alpha value is -2.63. The third kappa shape index (κ3) is 7.32. The minimum atomic E-state index is -0.391. The summed E-state index contributed by atoms with van der Waals surface area (Å²) in [5, 5.41) is 34.1. The van der Waals surface area contributed by atoms with Gasteiger partial charge in [0.15, 0.2) is 0 Å². The van der Waals surface area contributed by atoms with Gasteiger partial charge in [0.2, 0.25) is 0 Å². The van der Waals surface area contributed by atoms with Crippen molar-refractivity contribution in [1.82, 2.24) is 0 Å². The van der Waals surface area contributed by atoms with Gasteiger partial charge in [-0.25, -0.2) is 0 Å². The molecule has 5 nitrogen and oxygen atoms in total. The first-order valence-electron chi connectivity index (χ1n) is 5.02. The number of unbranched alkanes of at least 4 members (excludes halogenated alkanes) is 1. The van der Waals surface area contributed by atoms with Gasteiger partial charge in [-0.1, -0.05) is 6.08 Å². The summed E-state index contributed by atoms with van der Waals surface area (Å²) in [7, 11) is 0. The standard InChI is InChI=1S/C12H11N5/c13-6-2-1-3-11(9-16)10-17-12(4-7-14)5-8-15/h3,10,12H,1-2,4-5H2/b11-3-,17-10?. The molecular weight excluding hydrogens is 214 g/mol. The second-order valence-corrected chi connectivity index (χ2v) is 3.12. The van der Waals surface area contributed by atoms with Gasteiger partial charge in [-0.3, -0.25) is 4.99 Å². The van der Waals surface area contributed by atoms with E-state index in [2.05, 4.69) is 4.99 Å². The topological polar surface area (TPSA) is 108 Å². The number of hydrogen-bond donors (Lipinski definition) is 0. The average Bonchev–Trinajstić information content (AvgIpc) is 2.34. The zero-order valence-corrected chi connectivity index (χ0v) is 9.30. The summed E-state index contributed by atoms with van der Waals surface area (Å²) in [6.07, 6.45) is 4.12. The molecule has 0 N–H and O–H groups in total. The van der Waals surface area contributed by atoms with Gasteiger partial charge < -0.3 is 0 Å². The van der Waals surface area contributed by atoms with E-state index in [0.29, 0.717) is 18.4 Å². The van der Waals surface area contributed by atoms with Crippen molar-refractivity contribution in [2.24, 2.45) is 4.99 Å². The summed E-state index contributed by atoms with van der Waals surface area (Å²) in [6.45, 7) is 0. The molecule has 0 aromatic rings. The van der Waals surface area contributed by atoms with Crippen molar-refractivity contribution < 1.29 is 0 Å². The molecule has 0 rings (SSSR count). The van der Waals surface area contributed by atoms with Crippen molar-refractivity contribution in [2.75, 3.05) is 0 Å². The molecule has 0 spiro atoms. The van der Waals surface area contributed by atoms with Crippen LogP contribution < -0.4 is 0 Å². The van der Waals surface area contributed by atoms with Gasteiger partial charge >= 0.3 is 0 Å². The molecule has 0 aliphatic heterocycles. The predicted molar refractivity (Wildman–Crippen MR) is 61.3 cm³/mol. The Bertz CT molecular complexity index is 431. The summed E-state index contributed by atoms with van der Waals surface area (Å²) >= 11 is 0. The molecule has 0 heterocycles. The highest BCUT2D eigenvalue weighted by molar-refractivity contribution is 5.83. The lowest BCUT2D eigenvalue weighted by atomic mass is 10.1. The molecule has 0 saturated heterocycles. The maximum atomic E-state index is 8.78. The molecule has 0 fully saturated rings. The summed E-state index contributed by atoms with van der Waals surface area (Å²) in [6, 6.07) is 7.39. The fraction of sp³-hybridized carbons (Fsp3) is 0.417. The van der Waals surface area contributed by atoms with E-state index >= 15 is 0 Å². The molecular formula is C12H11N5. The van der Waals surface area contributed by atoms with Crippen LogP contribution in [0.2, 0.25) is 0 Å². The van der Waals surface area contributed by atoms with Crippen molar-refractivity contribution in [3.05, 3.63) is 11.6 Å². The lowest BCUT2D eigenvalue weighted by molar-refractivity contribution is 0.713. The average molecular weight is 225 g/mol. The van der Waals surface area contributed by atoms with Crippen LogP contribution in [-0.4, -0.2) is 12.3 Å². The molecule has 0 radical (unpaired) electrons. The SMILES string of the molecule is N#CCC/C=C(/C#N)C=NC(CC#N)CC#N. The van der Waals surface area contributed by atoms with Crippen molar-refractivity contribution in [2.45, 2.75) is 31.7 Å². The number of hydrogen-bond acceptors (Lipinski definition) is 5. The van der Waals surface area contributed by atoms with Gasteiger partial charge in [0, 0.05) is 12.6 Å². The fourth-order valence-corrected chi connectivity index (χ4v) is 0.993. The Morgan fingerprint density at radius 1 is 1.06 bits per heavy atom. The zero-order valence-electron chi connectivity index (χ0n) is 9.30. The van der Waals surface area contributed by atoms with Crippen LogP contribution in [0.1, 0.15) is 25.7 Å². The van der Waals surface area contributed by atoms with Gasteiger partial charge in [-0.2, -0.15) is 21.0 Å². The van der Waals surface area contributed by atoms with Crippen LogP contribution in [0.25, 0.3) is 0 Å². The van der Waals surface area contributed by atoms with Crippen LogP contribution >= 0.6 is 0 Å². The summed E-state index contributed by atoms with van der Waals surface area (Å²) in [5.41, 5.74) is 0.348. The smallest absolute Gasteiger partial charge is 0.100 e. The summed E-state index contributed by atoms with van der Waals surface area (Å²) < 4.78 is 0. The van der Waals surface area contributed by atoms with Crippen LogP contribution in [0.3, 0.4) is 0 Å². The Morgan fingerprint density at radius 3 is 2.18 bits per heavy atom. The van der Waals surface area contributed by atoms with E-state index < -0.39 is 6.04 Å². The molecule has 5 heteroatoms. The van der Waals surface area contributed by atoms with E-state index in [9.17, 15) is 0 Å². The molecule has 0 aliphatic carbocycles. The predicted octanol–water partition coefficient (Wildman–Crippen LogP) is 2.01. The van der Waals surface area contributed by atoms with Gasteiger partial charge in [-0.15, -0.1) is 0 Å². The monoisotopic (exact) mass is 225 g/mol. The van der Waals surface area contributed by atoms with E-state index in [0.717, 1.165) is 0 Å². The fourth-order valence-electron chi connectivity index (χ4n) is 0.993. The largest absolute Gasteiger partial charge is 0.286 e. The Balaban J connectivity index is 4.50. The van der Waals surface area contributed by atoms with E-state index in [4.69, 9.17) is 21.0 Å². The third-order valence-corrected chi connectivity index (χ3v) is 1.83. The second-order valence-electron chi connectivity index (χ2n) is 3.12. The molecule has 17 heavy (non-hydrogen) atoms. The number of nitriles is 4. The molecule has 0 saturated carbocycles. The van der Waals surface area contributed by atoms with Crippen molar-refractivity contribution >= 4 is 6.21 Å². The van der Waals surface area contributed by atoms with Crippen LogP contribution in [0.15, 0.2) is 16.6 Å². The number of rotatable bonds is 6. The highest BCUT2D eigenvalue weighted by atomic mass is 14.8. The first-order valence-corrected chi connectivity index (χ1v) is 5.02. The number of nitrogens with zero attached hydrogens (tertiary/aromatic N) is 5. The van der Waals surface area contributed by atoms with Crippen LogP contribution in [0.5, 0.6) is 0 Å². The van der Waals surface area contributed by atoms with Crippen LogP contribution in [0.4, 0.5) is 0 Å². The Kier molecular flexibility index (Phi) is 8.37. The van der Waals surface area contributed by atoms with E-state index in [1.165, 1.54) is 6.21 Å². The second kappa shape index (κ2) is 9.91. The minimum absolute atomic E-state index is 0.154. The van der Waals surface area contributed by atoms with Gasteiger partial charge in [0.25, 0.3) is 0 Å². The molecule has 0 atom stereocenters. The molecule has 0 aromatic heterocycles. The Labute approximate surface area is 101 Å². The van der Waals surface area contributed by atoms with Crippen molar-refractivity contribution in [3.8, 4) is 24.3 Å². The van der Waals surface area contributed by atoms with E-state index in [-0.39, 0.29) is 12.8 Å². The molecule has 0 amide bonds. The summed E-state index contributed by atoms with van der Waals surface area (Å²) in [4.78, 5) is 4.01. The third-order valence-electron chi connectivity index (χ3n) is 1.83. The molecule has 84 valence electrons. The van der Waals surface area contributed by atoms with E-state index in [1.807, 2.05) is 24.3 Å². The number of allylic oxidation sites excluding steroid dienone is 2. The van der Waals surface area contributed by atoms with Crippen molar-refractivity contribution in [1.29, 1.82) is 21.0 Å². The van der Waals surface area contributed by atoms with Crippen LogP contribution in [0, 0.1) is 45.3 Å². The first kappa shape index (κ1) is 14.4. The molecule has 0 unspecified atom stereocenters. The first-order chi connectivity index (χ1) is 8.28. The van der Waals surface area contributed by atoms with Gasteiger partial charge in [0.05, 0.1) is 42.7 Å². The molecule has 0 bridgehead atoms. The molecule has 0 aliphatic rings. The van der Waals surface area contributed by atoms with Crippen LogP contribution in [-0.2, 0) is 0 Å². The molecule has 0 aromatic carbocycles. The highest BCUT2D eigenvalue weighted by Gasteiger charge is 2.04. The van der Waals surface area contributed by atoms with Gasteiger partial charge in [-0.05, 0) is 6.42 Å². The van der Waals surface area contributed by atoms with E-state index in [1.54, 1.807) is 6.08 Å². The Morgan fingerprint density at radius 2 is 1.71 bits per heavy atom. The quantitative estimate of drug-likeness (QED) is 0.391. The maximum absolute atomic E-state index is 8.78. The zero-order chi connectivity index (χ0) is 12.9. The lowest BCUT2D eigenvalue weighted by Crippen LogP contribution is -2.02. The number of aliphatic imine (C=N–C) groups is 1. The van der Waals surface area contributed by atoms with Crippen molar-refractivity contribution in [3.63, 3.8) is 0 Å². The lowest BCUT2D eigenvalue weighted by Gasteiger charge is -2.00. The highest BCUT2D eigenvalue weighted by Crippen LogP contribution is 2.03. The maximum Gasteiger partial charge on any atom is 0.100 e.